The van der Waals surface area contributed by atoms with E-state index in [2.05, 4.69) is 4.98 Å². The van der Waals surface area contributed by atoms with Crippen LogP contribution in [0, 0.1) is 6.92 Å². The maximum absolute atomic E-state index is 12.7. The van der Waals surface area contributed by atoms with Crippen LogP contribution in [0.3, 0.4) is 0 Å². The molecule has 0 radical (unpaired) electrons. The first-order valence-corrected chi connectivity index (χ1v) is 8.35. The lowest BCUT2D eigenvalue weighted by Crippen LogP contribution is -2.11. The zero-order chi connectivity index (χ0) is 17.6. The van der Waals surface area contributed by atoms with Crippen LogP contribution in [0.4, 0.5) is 0 Å². The van der Waals surface area contributed by atoms with E-state index in [1.807, 2.05) is 65.8 Å². The average Bonchev–Trinajstić information content (AvgIpc) is 2.86. The van der Waals surface area contributed by atoms with Crippen molar-refractivity contribution in [1.82, 2.24) is 14.3 Å². The number of pyridine rings is 1. The second-order valence-electron chi connectivity index (χ2n) is 5.97. The highest BCUT2D eigenvalue weighted by molar-refractivity contribution is 6.30. The Bertz CT molecular complexity index is 1080. The van der Waals surface area contributed by atoms with Crippen molar-refractivity contribution < 1.29 is 0 Å². The van der Waals surface area contributed by atoms with Gasteiger partial charge in [0.2, 0.25) is 5.43 Å². The summed E-state index contributed by atoms with van der Waals surface area (Å²) in [6.45, 7) is 2.00. The van der Waals surface area contributed by atoms with Crippen LogP contribution in [0.25, 0.3) is 28.3 Å². The Balaban J connectivity index is 1.99. The first-order chi connectivity index (χ1) is 12.1. The molecular weight excluding hydrogens is 334 g/mol. The number of fused-ring (bicyclic) bond motifs is 1. The molecule has 0 saturated heterocycles. The molecule has 2 aromatic carbocycles. The summed E-state index contributed by atoms with van der Waals surface area (Å²) >= 11 is 5.95. The molecule has 0 spiro atoms. The van der Waals surface area contributed by atoms with Crippen molar-refractivity contribution in [3.05, 3.63) is 81.6 Å². The summed E-state index contributed by atoms with van der Waals surface area (Å²) in [5.41, 5.74) is 4.71. The van der Waals surface area contributed by atoms with Gasteiger partial charge in [-0.05, 0) is 31.2 Å². The largest absolute Gasteiger partial charge is 0.287 e. The van der Waals surface area contributed by atoms with Crippen LogP contribution in [-0.4, -0.2) is 14.3 Å². The number of halogens is 1. The number of aromatic nitrogens is 3. The fourth-order valence-corrected chi connectivity index (χ4v) is 3.20. The second kappa shape index (κ2) is 5.90. The fourth-order valence-electron chi connectivity index (χ4n) is 3.07. The van der Waals surface area contributed by atoms with E-state index in [0.717, 1.165) is 28.3 Å². The van der Waals surface area contributed by atoms with Crippen LogP contribution in [0.5, 0.6) is 0 Å². The molecule has 2 aromatic rings. The highest BCUT2D eigenvalue weighted by Gasteiger charge is 2.21. The third kappa shape index (κ3) is 2.55. The third-order valence-corrected chi connectivity index (χ3v) is 4.69. The minimum absolute atomic E-state index is 0.106. The zero-order valence-corrected chi connectivity index (χ0v) is 14.7. The molecule has 2 aliphatic rings. The molecule has 124 valence electrons. The predicted octanol–water partition coefficient (Wildman–Crippen LogP) is 4.30. The quantitative estimate of drug-likeness (QED) is 0.541. The summed E-state index contributed by atoms with van der Waals surface area (Å²) in [6.07, 6.45) is 0. The Morgan fingerprint density at radius 1 is 0.960 bits per heavy atom. The highest BCUT2D eigenvalue weighted by atomic mass is 35.5. The Morgan fingerprint density at radius 3 is 2.32 bits per heavy atom. The van der Waals surface area contributed by atoms with Crippen molar-refractivity contribution in [3.8, 4) is 28.3 Å². The number of benzene rings is 2. The van der Waals surface area contributed by atoms with Crippen LogP contribution in [-0.2, 0) is 7.05 Å². The van der Waals surface area contributed by atoms with Crippen molar-refractivity contribution in [1.29, 1.82) is 0 Å². The van der Waals surface area contributed by atoms with Gasteiger partial charge in [0.1, 0.15) is 11.4 Å². The summed E-state index contributed by atoms with van der Waals surface area (Å²) in [5, 5.41) is 0.634. The standard InChI is InChI=1S/C20H16ClN3O/c1-13-19-17(24(23(13)2)16-6-4-3-5-7-16)12-18(25)20(22-19)14-8-10-15(21)11-9-14/h3-12H,1-2H3. The lowest BCUT2D eigenvalue weighted by Gasteiger charge is -2.11. The number of nitrogens with zero attached hydrogens (tertiary/aromatic N) is 3. The SMILES string of the molecule is Cc1c2nc(-c3ccc(Cl)cc3)c(=O)cc-2n(-c2ccccc2)n1C. The van der Waals surface area contributed by atoms with Crippen molar-refractivity contribution in [3.63, 3.8) is 0 Å². The van der Waals surface area contributed by atoms with Crippen molar-refractivity contribution in [2.45, 2.75) is 6.92 Å². The van der Waals surface area contributed by atoms with Gasteiger partial charge in [-0.2, -0.15) is 0 Å². The number of para-hydroxylation sites is 1. The van der Waals surface area contributed by atoms with E-state index < -0.39 is 0 Å². The topological polar surface area (TPSA) is 39.8 Å². The van der Waals surface area contributed by atoms with Gasteiger partial charge >= 0.3 is 0 Å². The molecule has 0 aromatic heterocycles. The highest BCUT2D eigenvalue weighted by Crippen LogP contribution is 2.29. The van der Waals surface area contributed by atoms with Gasteiger partial charge in [0.05, 0.1) is 17.1 Å². The minimum Gasteiger partial charge on any atom is -0.287 e. The van der Waals surface area contributed by atoms with Gasteiger partial charge in [-0.1, -0.05) is 41.9 Å². The smallest absolute Gasteiger partial charge is 0.207 e. The van der Waals surface area contributed by atoms with Gasteiger partial charge in [-0.15, -0.1) is 0 Å². The van der Waals surface area contributed by atoms with Gasteiger partial charge in [-0.25, -0.2) is 4.98 Å². The van der Waals surface area contributed by atoms with Gasteiger partial charge in [0.25, 0.3) is 0 Å². The van der Waals surface area contributed by atoms with Gasteiger partial charge in [0, 0.05) is 23.7 Å². The molecule has 25 heavy (non-hydrogen) atoms. The maximum Gasteiger partial charge on any atom is 0.207 e. The first kappa shape index (κ1) is 15.7. The lowest BCUT2D eigenvalue weighted by molar-refractivity contribution is 0.650. The van der Waals surface area contributed by atoms with E-state index in [1.54, 1.807) is 18.2 Å². The number of rotatable bonds is 2. The van der Waals surface area contributed by atoms with E-state index in [-0.39, 0.29) is 5.43 Å². The van der Waals surface area contributed by atoms with Crippen molar-refractivity contribution >= 4 is 11.6 Å². The van der Waals surface area contributed by atoms with Crippen LogP contribution in [0.15, 0.2) is 65.5 Å². The summed E-state index contributed by atoms with van der Waals surface area (Å²) in [4.78, 5) is 17.4. The average molecular weight is 350 g/mol. The number of hydrogen-bond acceptors (Lipinski definition) is 2. The Morgan fingerprint density at radius 2 is 1.64 bits per heavy atom. The van der Waals surface area contributed by atoms with E-state index in [4.69, 9.17) is 11.6 Å². The van der Waals surface area contributed by atoms with E-state index in [9.17, 15) is 4.79 Å². The summed E-state index contributed by atoms with van der Waals surface area (Å²) in [6, 6.07) is 18.8. The van der Waals surface area contributed by atoms with Crippen molar-refractivity contribution in [2.24, 2.45) is 7.05 Å². The van der Waals surface area contributed by atoms with Gasteiger partial charge in [-0.3, -0.25) is 14.2 Å². The molecule has 2 heterocycles. The van der Waals surface area contributed by atoms with Crippen LogP contribution < -0.4 is 5.43 Å². The number of hydrogen-bond donors (Lipinski definition) is 0. The molecule has 0 bridgehead atoms. The molecule has 0 atom stereocenters. The first-order valence-electron chi connectivity index (χ1n) is 7.97. The molecule has 0 saturated carbocycles. The van der Waals surface area contributed by atoms with Crippen molar-refractivity contribution in [2.75, 3.05) is 0 Å². The molecule has 0 fully saturated rings. The Kier molecular flexibility index (Phi) is 3.70. The summed E-state index contributed by atoms with van der Waals surface area (Å²) < 4.78 is 4.02. The molecule has 4 rings (SSSR count). The third-order valence-electron chi connectivity index (χ3n) is 4.44. The predicted molar refractivity (Wildman–Crippen MR) is 101 cm³/mol. The summed E-state index contributed by atoms with van der Waals surface area (Å²) in [5.74, 6) is 0. The molecule has 0 aliphatic carbocycles. The second-order valence-corrected chi connectivity index (χ2v) is 6.40. The van der Waals surface area contributed by atoms with E-state index in [1.165, 1.54) is 0 Å². The Hall–Kier alpha value is -2.85. The van der Waals surface area contributed by atoms with E-state index in [0.29, 0.717) is 10.7 Å². The molecule has 4 nitrogen and oxygen atoms in total. The molecule has 5 heteroatoms. The van der Waals surface area contributed by atoms with Crippen LogP contribution in [0.2, 0.25) is 5.02 Å². The molecular formula is C20H16ClN3O. The summed E-state index contributed by atoms with van der Waals surface area (Å²) in [7, 11) is 1.97. The molecule has 2 aliphatic heterocycles. The zero-order valence-electron chi connectivity index (χ0n) is 13.9. The maximum atomic E-state index is 12.7. The fraction of sp³-hybridized carbons (Fsp3) is 0.100. The Labute approximate surface area is 150 Å². The van der Waals surface area contributed by atoms with E-state index >= 15 is 0 Å². The molecule has 0 N–H and O–H groups in total. The lowest BCUT2D eigenvalue weighted by atomic mass is 10.1. The molecule has 0 amide bonds. The van der Waals surface area contributed by atoms with Crippen LogP contribution in [0.1, 0.15) is 5.69 Å². The normalized spacial score (nSPS) is 11.2. The van der Waals surface area contributed by atoms with Gasteiger partial charge in [0.15, 0.2) is 0 Å². The van der Waals surface area contributed by atoms with Gasteiger partial charge < -0.3 is 0 Å². The van der Waals surface area contributed by atoms with Crippen LogP contribution >= 0.6 is 11.6 Å². The molecule has 0 unspecified atom stereocenters. The monoisotopic (exact) mass is 349 g/mol. The minimum atomic E-state index is -0.106.